The minimum absolute atomic E-state index is 0.651. The molecule has 0 aliphatic carbocycles. The molecule has 1 aromatic rings. The van der Waals surface area contributed by atoms with Gasteiger partial charge in [0, 0.05) is 17.3 Å². The van der Waals surface area contributed by atoms with Crippen LogP contribution in [0.2, 0.25) is 0 Å². The van der Waals surface area contributed by atoms with Crippen LogP contribution in [0, 0.1) is 0 Å². The summed E-state index contributed by atoms with van der Waals surface area (Å²) in [4.78, 5) is 4.12. The molecule has 13 heavy (non-hydrogen) atoms. The van der Waals surface area contributed by atoms with Gasteiger partial charge in [0.05, 0.1) is 5.71 Å². The average Bonchev–Trinajstić information content (AvgIpc) is 2.15. The van der Waals surface area contributed by atoms with Gasteiger partial charge in [-0.2, -0.15) is 10.2 Å². The van der Waals surface area contributed by atoms with Crippen LogP contribution in [-0.2, 0) is 0 Å². The molecule has 0 saturated heterocycles. The van der Waals surface area contributed by atoms with Crippen molar-refractivity contribution in [1.29, 1.82) is 0 Å². The van der Waals surface area contributed by atoms with Crippen LogP contribution in [0.3, 0.4) is 0 Å². The van der Waals surface area contributed by atoms with Gasteiger partial charge in [-0.15, -0.1) is 0 Å². The molecule has 0 fully saturated rings. The van der Waals surface area contributed by atoms with E-state index in [0.717, 1.165) is 16.8 Å². The molecule has 1 aliphatic heterocycles. The van der Waals surface area contributed by atoms with Crippen LogP contribution >= 0.6 is 0 Å². The van der Waals surface area contributed by atoms with Crippen LogP contribution < -0.4 is 11.0 Å². The number of anilines is 1. The first-order valence-corrected chi connectivity index (χ1v) is 3.95. The lowest BCUT2D eigenvalue weighted by molar-refractivity contribution is 0.887. The summed E-state index contributed by atoms with van der Waals surface area (Å²) in [5, 5.41) is 5.35. The second-order valence-corrected chi connectivity index (χ2v) is 2.88. The molecule has 0 bridgehead atoms. The van der Waals surface area contributed by atoms with Crippen molar-refractivity contribution >= 4 is 17.1 Å². The van der Waals surface area contributed by atoms with Gasteiger partial charge < -0.3 is 0 Å². The smallest absolute Gasteiger partial charge is 0.174 e. The Morgan fingerprint density at radius 1 is 1.54 bits per heavy atom. The molecule has 0 atom stereocenters. The van der Waals surface area contributed by atoms with Gasteiger partial charge in [0.15, 0.2) is 5.82 Å². The predicted molar refractivity (Wildman–Crippen MR) is 53.0 cm³/mol. The SMILES string of the molecule is C=C1C(C)=NN(N)c2ncccc21. The minimum Gasteiger partial charge on any atom is -0.236 e. The van der Waals surface area contributed by atoms with Crippen molar-refractivity contribution in [3.63, 3.8) is 0 Å². The van der Waals surface area contributed by atoms with E-state index >= 15 is 0 Å². The van der Waals surface area contributed by atoms with Crippen LogP contribution in [0.25, 0.3) is 5.57 Å². The van der Waals surface area contributed by atoms with Gasteiger partial charge in [-0.1, -0.05) is 6.58 Å². The molecule has 2 rings (SSSR count). The van der Waals surface area contributed by atoms with E-state index in [1.807, 2.05) is 19.1 Å². The van der Waals surface area contributed by atoms with Gasteiger partial charge >= 0.3 is 0 Å². The van der Waals surface area contributed by atoms with Crippen molar-refractivity contribution in [2.45, 2.75) is 6.92 Å². The fourth-order valence-electron chi connectivity index (χ4n) is 1.28. The predicted octanol–water partition coefficient (Wildman–Crippen LogP) is 1.16. The van der Waals surface area contributed by atoms with Crippen LogP contribution in [-0.4, -0.2) is 10.7 Å². The molecule has 0 amide bonds. The lowest BCUT2D eigenvalue weighted by Crippen LogP contribution is -2.31. The number of allylic oxidation sites excluding steroid dienone is 1. The summed E-state index contributed by atoms with van der Waals surface area (Å²) >= 11 is 0. The topological polar surface area (TPSA) is 54.5 Å². The van der Waals surface area contributed by atoms with Crippen molar-refractivity contribution in [3.8, 4) is 0 Å². The quantitative estimate of drug-likeness (QED) is 0.600. The summed E-state index contributed by atoms with van der Waals surface area (Å²) in [5.41, 5.74) is 2.64. The monoisotopic (exact) mass is 174 g/mol. The van der Waals surface area contributed by atoms with Crippen LogP contribution in [0.5, 0.6) is 0 Å². The van der Waals surface area contributed by atoms with Gasteiger partial charge in [0.2, 0.25) is 0 Å². The van der Waals surface area contributed by atoms with E-state index in [0.29, 0.717) is 5.82 Å². The number of hydrazine groups is 1. The molecule has 0 unspecified atom stereocenters. The molecule has 0 spiro atoms. The Hall–Kier alpha value is -1.68. The maximum absolute atomic E-state index is 5.64. The Kier molecular flexibility index (Phi) is 1.63. The highest BCUT2D eigenvalue weighted by Crippen LogP contribution is 2.27. The fourth-order valence-corrected chi connectivity index (χ4v) is 1.28. The third-order valence-electron chi connectivity index (χ3n) is 2.02. The first-order valence-electron chi connectivity index (χ1n) is 3.95. The largest absolute Gasteiger partial charge is 0.236 e. The number of hydrogen-bond donors (Lipinski definition) is 1. The van der Waals surface area contributed by atoms with Gasteiger partial charge in [-0.25, -0.2) is 10.8 Å². The highest BCUT2D eigenvalue weighted by Gasteiger charge is 2.18. The van der Waals surface area contributed by atoms with Gasteiger partial charge in [-0.3, -0.25) is 0 Å². The number of rotatable bonds is 0. The minimum atomic E-state index is 0.651. The summed E-state index contributed by atoms with van der Waals surface area (Å²) < 4.78 is 0. The average molecular weight is 174 g/mol. The van der Waals surface area contributed by atoms with E-state index in [9.17, 15) is 0 Å². The fraction of sp³-hybridized carbons (Fsp3) is 0.111. The van der Waals surface area contributed by atoms with Crippen molar-refractivity contribution in [2.24, 2.45) is 10.9 Å². The lowest BCUT2D eigenvalue weighted by Gasteiger charge is -2.22. The van der Waals surface area contributed by atoms with Gasteiger partial charge in [0.1, 0.15) is 0 Å². The molecule has 4 nitrogen and oxygen atoms in total. The van der Waals surface area contributed by atoms with Crippen LogP contribution in [0.1, 0.15) is 12.5 Å². The number of hydrogen-bond acceptors (Lipinski definition) is 4. The van der Waals surface area contributed by atoms with E-state index in [2.05, 4.69) is 16.7 Å². The number of nitrogens with zero attached hydrogens (tertiary/aromatic N) is 3. The first kappa shape index (κ1) is 7.94. The van der Waals surface area contributed by atoms with Crippen LogP contribution in [0.15, 0.2) is 30.0 Å². The zero-order chi connectivity index (χ0) is 9.42. The van der Waals surface area contributed by atoms with Crippen molar-refractivity contribution in [2.75, 3.05) is 5.12 Å². The third-order valence-corrected chi connectivity index (χ3v) is 2.02. The Morgan fingerprint density at radius 3 is 3.08 bits per heavy atom. The zero-order valence-electron chi connectivity index (χ0n) is 7.36. The first-order chi connectivity index (χ1) is 6.20. The Morgan fingerprint density at radius 2 is 2.31 bits per heavy atom. The third kappa shape index (κ3) is 1.11. The summed E-state index contributed by atoms with van der Waals surface area (Å²) in [7, 11) is 0. The normalized spacial score (nSPS) is 15.4. The van der Waals surface area contributed by atoms with E-state index < -0.39 is 0 Å². The molecule has 1 aliphatic rings. The van der Waals surface area contributed by atoms with Gasteiger partial charge in [0.25, 0.3) is 0 Å². The Bertz CT molecular complexity index is 394. The second kappa shape index (κ2) is 2.67. The maximum atomic E-state index is 5.64. The standard InChI is InChI=1S/C9H10N4/c1-6-7(2)12-13(10)9-8(6)4-3-5-11-9/h3-5H,1,10H2,2H3. The molecule has 0 aromatic carbocycles. The molecule has 4 heteroatoms. The number of nitrogens with two attached hydrogens (primary N) is 1. The zero-order valence-corrected chi connectivity index (χ0v) is 7.36. The molecule has 0 radical (unpaired) electrons. The Balaban J connectivity index is 2.62. The van der Waals surface area contributed by atoms with E-state index in [1.54, 1.807) is 6.20 Å². The summed E-state index contributed by atoms with van der Waals surface area (Å²) in [5.74, 6) is 6.29. The van der Waals surface area contributed by atoms with Crippen molar-refractivity contribution < 1.29 is 0 Å². The molecule has 2 N–H and O–H groups in total. The lowest BCUT2D eigenvalue weighted by atomic mass is 10.0. The molecule has 0 saturated carbocycles. The van der Waals surface area contributed by atoms with E-state index in [4.69, 9.17) is 5.84 Å². The highest BCUT2D eigenvalue weighted by atomic mass is 15.6. The molecule has 2 heterocycles. The summed E-state index contributed by atoms with van der Waals surface area (Å²) in [6.45, 7) is 5.79. The maximum Gasteiger partial charge on any atom is 0.174 e. The van der Waals surface area contributed by atoms with Crippen molar-refractivity contribution in [3.05, 3.63) is 30.5 Å². The molecular formula is C9H10N4. The van der Waals surface area contributed by atoms with Crippen LogP contribution in [0.4, 0.5) is 5.82 Å². The number of aromatic nitrogens is 1. The number of fused-ring (bicyclic) bond motifs is 1. The highest BCUT2D eigenvalue weighted by molar-refractivity contribution is 6.24. The summed E-state index contributed by atoms with van der Waals surface area (Å²) in [6, 6.07) is 3.79. The van der Waals surface area contributed by atoms with E-state index in [-0.39, 0.29) is 0 Å². The van der Waals surface area contributed by atoms with E-state index in [1.165, 1.54) is 5.12 Å². The molecule has 66 valence electrons. The Labute approximate surface area is 76.4 Å². The number of pyridine rings is 1. The molecule has 1 aromatic heterocycles. The summed E-state index contributed by atoms with van der Waals surface area (Å²) in [6.07, 6.45) is 1.68. The number of hydrazone groups is 1. The molecular weight excluding hydrogens is 164 g/mol. The van der Waals surface area contributed by atoms with Gasteiger partial charge in [-0.05, 0) is 19.1 Å². The second-order valence-electron chi connectivity index (χ2n) is 2.88. The van der Waals surface area contributed by atoms with Crippen molar-refractivity contribution in [1.82, 2.24) is 4.98 Å².